The third-order valence-electron chi connectivity index (χ3n) is 6.05. The Bertz CT molecular complexity index is 1490. The van der Waals surface area contributed by atoms with Gasteiger partial charge in [0.15, 0.2) is 6.61 Å². The largest absolute Gasteiger partial charge is 0.482 e. The van der Waals surface area contributed by atoms with Crippen LogP contribution in [0.2, 0.25) is 0 Å². The van der Waals surface area contributed by atoms with Gasteiger partial charge in [-0.2, -0.15) is 0 Å². The zero-order chi connectivity index (χ0) is 24.9. The average molecular weight is 475 g/mol. The minimum Gasteiger partial charge on any atom is -0.482 e. The van der Waals surface area contributed by atoms with E-state index in [0.29, 0.717) is 5.75 Å². The maximum atomic E-state index is 11.0. The number of aromatic nitrogens is 2. The first-order valence-electron chi connectivity index (χ1n) is 11.9. The van der Waals surface area contributed by atoms with Crippen LogP contribution in [-0.2, 0) is 11.3 Å². The summed E-state index contributed by atoms with van der Waals surface area (Å²) in [4.78, 5) is 16.2. The van der Waals surface area contributed by atoms with Crippen LogP contribution in [0, 0.1) is 0 Å². The molecule has 5 heteroatoms. The summed E-state index contributed by atoms with van der Waals surface area (Å²) < 4.78 is 7.70. The molecule has 5 rings (SSSR count). The highest BCUT2D eigenvalue weighted by Gasteiger charge is 2.22. The van der Waals surface area contributed by atoms with E-state index in [2.05, 4.69) is 47.9 Å². The lowest BCUT2D eigenvalue weighted by atomic mass is 9.99. The molecule has 0 bridgehead atoms. The van der Waals surface area contributed by atoms with Gasteiger partial charge in [-0.05, 0) is 30.2 Å². The van der Waals surface area contributed by atoms with Gasteiger partial charge in [0, 0.05) is 23.2 Å². The molecule has 1 aromatic heterocycles. The second-order valence-electron chi connectivity index (χ2n) is 8.36. The van der Waals surface area contributed by atoms with Gasteiger partial charge in [0.25, 0.3) is 0 Å². The molecule has 36 heavy (non-hydrogen) atoms. The Morgan fingerprint density at radius 3 is 2.06 bits per heavy atom. The van der Waals surface area contributed by atoms with Gasteiger partial charge in [-0.3, -0.25) is 0 Å². The van der Waals surface area contributed by atoms with Crippen LogP contribution in [0.25, 0.3) is 45.0 Å². The van der Waals surface area contributed by atoms with Crippen molar-refractivity contribution in [2.75, 3.05) is 6.61 Å². The number of carboxylic acid groups (broad SMARTS) is 1. The summed E-state index contributed by atoms with van der Waals surface area (Å²) in [5, 5.41) is 8.99. The van der Waals surface area contributed by atoms with Crippen molar-refractivity contribution < 1.29 is 14.6 Å². The van der Waals surface area contributed by atoms with E-state index >= 15 is 0 Å². The topological polar surface area (TPSA) is 64.3 Å². The van der Waals surface area contributed by atoms with Crippen LogP contribution in [0.1, 0.15) is 6.92 Å². The summed E-state index contributed by atoms with van der Waals surface area (Å²) in [6.45, 7) is 2.50. The minimum atomic E-state index is -1.01. The lowest BCUT2D eigenvalue weighted by molar-refractivity contribution is -0.139. The Labute approximate surface area is 210 Å². The summed E-state index contributed by atoms with van der Waals surface area (Å²) in [5.41, 5.74) is 7.11. The van der Waals surface area contributed by atoms with E-state index in [1.165, 1.54) is 0 Å². The predicted molar refractivity (Wildman–Crippen MR) is 143 cm³/mol. The maximum Gasteiger partial charge on any atom is 0.341 e. The smallest absolute Gasteiger partial charge is 0.341 e. The SMILES string of the molecule is CCn1c(-c2ccccc2-c2cccc(OCC(=O)O)c2)nc(-c2ccccc2)c1-c1ccccc1. The molecule has 0 saturated heterocycles. The highest BCUT2D eigenvalue weighted by Crippen LogP contribution is 2.39. The third-order valence-corrected chi connectivity index (χ3v) is 6.05. The van der Waals surface area contributed by atoms with Crippen molar-refractivity contribution in [2.45, 2.75) is 13.5 Å². The molecular formula is C31H26N2O3. The molecule has 0 aliphatic heterocycles. The molecule has 1 N–H and O–H groups in total. The molecule has 5 aromatic rings. The van der Waals surface area contributed by atoms with Crippen LogP contribution in [0.15, 0.2) is 109 Å². The first-order valence-corrected chi connectivity index (χ1v) is 11.9. The number of rotatable bonds is 8. The number of aliphatic carboxylic acids is 1. The summed E-state index contributed by atoms with van der Waals surface area (Å²) in [6, 6.07) is 36.3. The number of nitrogens with zero attached hydrogens (tertiary/aromatic N) is 2. The Morgan fingerprint density at radius 2 is 1.39 bits per heavy atom. The van der Waals surface area contributed by atoms with Crippen molar-refractivity contribution in [3.05, 3.63) is 109 Å². The number of carboxylic acids is 1. The number of hydrogen-bond donors (Lipinski definition) is 1. The van der Waals surface area contributed by atoms with Gasteiger partial charge < -0.3 is 14.4 Å². The Kier molecular flexibility index (Phi) is 6.63. The van der Waals surface area contributed by atoms with Crippen LogP contribution >= 0.6 is 0 Å². The molecule has 0 amide bonds. The second kappa shape index (κ2) is 10.3. The van der Waals surface area contributed by atoms with Gasteiger partial charge in [0.1, 0.15) is 11.6 Å². The van der Waals surface area contributed by atoms with Gasteiger partial charge in [0.2, 0.25) is 0 Å². The fourth-order valence-corrected chi connectivity index (χ4v) is 4.48. The fraction of sp³-hybridized carbons (Fsp3) is 0.0968. The Morgan fingerprint density at radius 1 is 0.778 bits per heavy atom. The average Bonchev–Trinajstić information content (AvgIpc) is 3.32. The van der Waals surface area contributed by atoms with Crippen LogP contribution in [0.5, 0.6) is 5.75 Å². The van der Waals surface area contributed by atoms with Crippen LogP contribution in [0.4, 0.5) is 0 Å². The minimum absolute atomic E-state index is 0.383. The van der Waals surface area contributed by atoms with Gasteiger partial charge in [-0.1, -0.05) is 97.1 Å². The van der Waals surface area contributed by atoms with Crippen molar-refractivity contribution in [1.29, 1.82) is 0 Å². The molecule has 0 fully saturated rings. The molecule has 178 valence electrons. The molecule has 5 nitrogen and oxygen atoms in total. The molecule has 1 heterocycles. The van der Waals surface area contributed by atoms with E-state index < -0.39 is 5.97 Å². The van der Waals surface area contributed by atoms with E-state index in [1.54, 1.807) is 6.07 Å². The summed E-state index contributed by atoms with van der Waals surface area (Å²) in [6.07, 6.45) is 0. The van der Waals surface area contributed by atoms with Crippen molar-refractivity contribution >= 4 is 5.97 Å². The lowest BCUT2D eigenvalue weighted by Crippen LogP contribution is -2.09. The van der Waals surface area contributed by atoms with Crippen molar-refractivity contribution in [3.63, 3.8) is 0 Å². The quantitative estimate of drug-likeness (QED) is 0.262. The van der Waals surface area contributed by atoms with Crippen molar-refractivity contribution in [1.82, 2.24) is 9.55 Å². The van der Waals surface area contributed by atoms with Gasteiger partial charge >= 0.3 is 5.97 Å². The number of ether oxygens (including phenoxy) is 1. The monoisotopic (exact) mass is 474 g/mol. The molecule has 0 saturated carbocycles. The highest BCUT2D eigenvalue weighted by molar-refractivity contribution is 5.87. The normalized spacial score (nSPS) is 10.8. The molecule has 0 aliphatic rings. The summed E-state index contributed by atoms with van der Waals surface area (Å²) >= 11 is 0. The second-order valence-corrected chi connectivity index (χ2v) is 8.36. The van der Waals surface area contributed by atoms with E-state index in [0.717, 1.165) is 51.6 Å². The number of imidazole rings is 1. The fourth-order valence-electron chi connectivity index (χ4n) is 4.48. The molecule has 0 unspecified atom stereocenters. The standard InChI is InChI=1S/C31H26N2O3/c1-2-33-30(23-14-7-4-8-15-23)29(22-12-5-3-6-13-22)32-31(33)27-19-10-9-18-26(27)24-16-11-17-25(20-24)36-21-28(34)35/h3-20H,2,21H2,1H3,(H,34,35). The summed E-state index contributed by atoms with van der Waals surface area (Å²) in [7, 11) is 0. The number of benzene rings is 4. The van der Waals surface area contributed by atoms with E-state index in [1.807, 2.05) is 66.7 Å². The molecular weight excluding hydrogens is 448 g/mol. The van der Waals surface area contributed by atoms with Crippen molar-refractivity contribution in [3.8, 4) is 50.8 Å². The van der Waals surface area contributed by atoms with Crippen molar-refractivity contribution in [2.24, 2.45) is 0 Å². The third kappa shape index (κ3) is 4.64. The Hall–Kier alpha value is -4.64. The molecule has 0 atom stereocenters. The van der Waals surface area contributed by atoms with Crippen LogP contribution in [-0.4, -0.2) is 27.2 Å². The van der Waals surface area contributed by atoms with E-state index in [-0.39, 0.29) is 6.61 Å². The molecule has 0 spiro atoms. The molecule has 0 radical (unpaired) electrons. The first kappa shape index (κ1) is 23.1. The predicted octanol–water partition coefficient (Wildman–Crippen LogP) is 7.03. The maximum absolute atomic E-state index is 11.0. The zero-order valence-electron chi connectivity index (χ0n) is 20.0. The summed E-state index contributed by atoms with van der Waals surface area (Å²) in [5.74, 6) is 0.383. The van der Waals surface area contributed by atoms with Crippen LogP contribution in [0.3, 0.4) is 0 Å². The van der Waals surface area contributed by atoms with Gasteiger partial charge in [-0.15, -0.1) is 0 Å². The first-order chi connectivity index (χ1) is 17.7. The lowest BCUT2D eigenvalue weighted by Gasteiger charge is -2.14. The van der Waals surface area contributed by atoms with Gasteiger partial charge in [0.05, 0.1) is 11.4 Å². The van der Waals surface area contributed by atoms with E-state index in [4.69, 9.17) is 14.8 Å². The molecule has 4 aromatic carbocycles. The van der Waals surface area contributed by atoms with Gasteiger partial charge in [-0.25, -0.2) is 9.78 Å². The van der Waals surface area contributed by atoms with Crippen LogP contribution < -0.4 is 4.74 Å². The number of hydrogen-bond acceptors (Lipinski definition) is 3. The highest BCUT2D eigenvalue weighted by atomic mass is 16.5. The number of carbonyl (C=O) groups is 1. The molecule has 0 aliphatic carbocycles. The van der Waals surface area contributed by atoms with E-state index in [9.17, 15) is 4.79 Å². The Balaban J connectivity index is 1.70. The zero-order valence-corrected chi connectivity index (χ0v) is 20.0.